The van der Waals surface area contributed by atoms with E-state index in [1.807, 2.05) is 0 Å². The van der Waals surface area contributed by atoms with Gasteiger partial charge in [0.15, 0.2) is 11.6 Å². The van der Waals surface area contributed by atoms with Crippen molar-refractivity contribution in [2.75, 3.05) is 26.3 Å². The number of hydrogen-bond acceptors (Lipinski definition) is 4. The van der Waals surface area contributed by atoms with Crippen LogP contribution in [0.4, 0.5) is 4.39 Å². The fraction of sp³-hybridized carbons (Fsp3) is 0.400. The molecule has 0 saturated carbocycles. The van der Waals surface area contributed by atoms with Crippen molar-refractivity contribution in [2.24, 2.45) is 7.05 Å². The number of aromatic nitrogens is 1. The smallest absolute Gasteiger partial charge is 0.338 e. The van der Waals surface area contributed by atoms with Gasteiger partial charge in [-0.1, -0.05) is 0 Å². The molecule has 6 nitrogen and oxygen atoms in total. The number of phenols is 1. The number of aryl methyl sites for hydroxylation is 1. The number of halogens is 1. The van der Waals surface area contributed by atoms with E-state index < -0.39 is 17.5 Å². The molecule has 0 radical (unpaired) electrons. The number of carboxylic acids is 1. The van der Waals surface area contributed by atoms with Gasteiger partial charge in [0.2, 0.25) is 0 Å². The Morgan fingerprint density at radius 1 is 1.36 bits per heavy atom. The minimum Gasteiger partial charge on any atom is -0.505 e. The number of fused-ring (bicyclic) bond motifs is 1. The molecule has 2 aromatic rings. The van der Waals surface area contributed by atoms with Crippen LogP contribution in [0, 0.1) is 5.82 Å². The number of nitrogens with zero attached hydrogens (tertiary/aromatic N) is 2. The largest absolute Gasteiger partial charge is 0.505 e. The quantitative estimate of drug-likeness (QED) is 0.900. The summed E-state index contributed by atoms with van der Waals surface area (Å²) in [4.78, 5) is 13.8. The van der Waals surface area contributed by atoms with Crippen LogP contribution in [0.15, 0.2) is 12.1 Å². The number of aromatic hydroxyl groups is 1. The van der Waals surface area contributed by atoms with E-state index in [4.69, 9.17) is 4.74 Å². The topological polar surface area (TPSA) is 74.9 Å². The first-order chi connectivity index (χ1) is 10.5. The Morgan fingerprint density at radius 2 is 2.05 bits per heavy atom. The molecule has 2 N–H and O–H groups in total. The Labute approximate surface area is 126 Å². The highest BCUT2D eigenvalue weighted by molar-refractivity contribution is 6.05. The number of ether oxygens (including phenoxy) is 1. The van der Waals surface area contributed by atoms with E-state index in [2.05, 4.69) is 4.90 Å². The molecule has 1 aliphatic rings. The zero-order chi connectivity index (χ0) is 15.9. The van der Waals surface area contributed by atoms with Gasteiger partial charge in [-0.3, -0.25) is 4.90 Å². The van der Waals surface area contributed by atoms with Gasteiger partial charge >= 0.3 is 5.97 Å². The summed E-state index contributed by atoms with van der Waals surface area (Å²) in [6.07, 6.45) is 0. The van der Waals surface area contributed by atoms with Crippen LogP contribution in [0.1, 0.15) is 16.1 Å². The predicted octanol–water partition coefficient (Wildman–Crippen LogP) is 1.55. The standard InChI is InChI=1S/C15H17FN2O4/c1-17-11-7-10(16)13(19)6-9(11)14(15(20)21)12(17)8-18-2-4-22-5-3-18/h6-7,19H,2-5,8H2,1H3,(H,20,21). The molecule has 0 atom stereocenters. The Kier molecular flexibility index (Phi) is 3.76. The average Bonchev–Trinajstić information content (AvgIpc) is 2.74. The molecule has 7 heteroatoms. The van der Waals surface area contributed by atoms with Gasteiger partial charge < -0.3 is 19.5 Å². The highest BCUT2D eigenvalue weighted by Gasteiger charge is 2.24. The maximum Gasteiger partial charge on any atom is 0.338 e. The van der Waals surface area contributed by atoms with E-state index in [9.17, 15) is 19.4 Å². The molecule has 0 unspecified atom stereocenters. The molecule has 0 spiro atoms. The first kappa shape index (κ1) is 14.8. The zero-order valence-corrected chi connectivity index (χ0v) is 12.2. The summed E-state index contributed by atoms with van der Waals surface area (Å²) < 4.78 is 20.6. The lowest BCUT2D eigenvalue weighted by Gasteiger charge is -2.27. The molecule has 1 aromatic heterocycles. The highest BCUT2D eigenvalue weighted by Crippen LogP contribution is 2.31. The monoisotopic (exact) mass is 308 g/mol. The molecule has 1 fully saturated rings. The van der Waals surface area contributed by atoms with Crippen molar-refractivity contribution >= 4 is 16.9 Å². The molecular formula is C15H17FN2O4. The fourth-order valence-electron chi connectivity index (χ4n) is 2.89. The fourth-order valence-corrected chi connectivity index (χ4v) is 2.89. The van der Waals surface area contributed by atoms with Crippen LogP contribution in [0.5, 0.6) is 5.75 Å². The lowest BCUT2D eigenvalue weighted by molar-refractivity contribution is 0.0331. The van der Waals surface area contributed by atoms with Gasteiger partial charge in [-0.05, 0) is 6.07 Å². The second kappa shape index (κ2) is 5.58. The molecule has 118 valence electrons. The van der Waals surface area contributed by atoms with Crippen molar-refractivity contribution in [2.45, 2.75) is 6.54 Å². The van der Waals surface area contributed by atoms with Crippen molar-refractivity contribution in [3.8, 4) is 5.75 Å². The third-order valence-corrected chi connectivity index (χ3v) is 4.08. The van der Waals surface area contributed by atoms with E-state index in [-0.39, 0.29) is 5.56 Å². The molecule has 2 heterocycles. The van der Waals surface area contributed by atoms with E-state index in [1.165, 1.54) is 12.1 Å². The minimum atomic E-state index is -1.08. The molecular weight excluding hydrogens is 291 g/mol. The molecule has 0 bridgehead atoms. The first-order valence-corrected chi connectivity index (χ1v) is 7.02. The maximum absolute atomic E-state index is 13.6. The Hall–Kier alpha value is -2.12. The number of hydrogen-bond donors (Lipinski definition) is 2. The van der Waals surface area contributed by atoms with Crippen LogP contribution in [0.25, 0.3) is 10.9 Å². The molecule has 22 heavy (non-hydrogen) atoms. The molecule has 1 aromatic carbocycles. The molecule has 1 aliphatic heterocycles. The third-order valence-electron chi connectivity index (χ3n) is 4.08. The van der Waals surface area contributed by atoms with Crippen LogP contribution in [0.2, 0.25) is 0 Å². The lowest BCUT2D eigenvalue weighted by Crippen LogP contribution is -2.36. The number of carboxylic acid groups (broad SMARTS) is 1. The Balaban J connectivity index is 2.13. The molecule has 3 rings (SSSR count). The molecule has 0 aliphatic carbocycles. The average molecular weight is 308 g/mol. The van der Waals surface area contributed by atoms with E-state index in [0.29, 0.717) is 36.4 Å². The number of benzene rings is 1. The molecule has 1 saturated heterocycles. The van der Waals surface area contributed by atoms with E-state index >= 15 is 0 Å². The molecule has 0 amide bonds. The van der Waals surface area contributed by atoms with Crippen molar-refractivity contribution in [1.29, 1.82) is 0 Å². The normalized spacial score (nSPS) is 16.3. The van der Waals surface area contributed by atoms with E-state index in [1.54, 1.807) is 11.6 Å². The Bertz CT molecular complexity index is 735. The van der Waals surface area contributed by atoms with Crippen molar-refractivity contribution in [1.82, 2.24) is 9.47 Å². The van der Waals surface area contributed by atoms with Gasteiger partial charge in [0.25, 0.3) is 0 Å². The van der Waals surface area contributed by atoms with Crippen LogP contribution in [0.3, 0.4) is 0 Å². The summed E-state index contributed by atoms with van der Waals surface area (Å²) in [5.74, 6) is -2.39. The predicted molar refractivity (Wildman–Crippen MR) is 77.6 cm³/mol. The van der Waals surface area contributed by atoms with Gasteiger partial charge in [0.1, 0.15) is 0 Å². The minimum absolute atomic E-state index is 0.110. The van der Waals surface area contributed by atoms with Gasteiger partial charge in [0.05, 0.1) is 24.3 Å². The maximum atomic E-state index is 13.6. The van der Waals surface area contributed by atoms with Gasteiger partial charge in [-0.2, -0.15) is 0 Å². The second-order valence-corrected chi connectivity index (χ2v) is 5.40. The summed E-state index contributed by atoms with van der Waals surface area (Å²) in [5.41, 5.74) is 1.16. The van der Waals surface area contributed by atoms with Gasteiger partial charge in [-0.15, -0.1) is 0 Å². The summed E-state index contributed by atoms with van der Waals surface area (Å²) in [6, 6.07) is 2.34. The number of carbonyl (C=O) groups is 1. The highest BCUT2D eigenvalue weighted by atomic mass is 19.1. The Morgan fingerprint density at radius 3 is 2.68 bits per heavy atom. The van der Waals surface area contributed by atoms with Crippen molar-refractivity contribution < 1.29 is 24.1 Å². The second-order valence-electron chi connectivity index (χ2n) is 5.40. The number of phenolic OH excluding ortho intramolecular Hbond substituents is 1. The van der Waals surface area contributed by atoms with Crippen LogP contribution >= 0.6 is 0 Å². The van der Waals surface area contributed by atoms with Crippen LogP contribution < -0.4 is 0 Å². The zero-order valence-electron chi connectivity index (χ0n) is 12.2. The van der Waals surface area contributed by atoms with Crippen molar-refractivity contribution in [3.05, 3.63) is 29.2 Å². The third kappa shape index (κ3) is 2.42. The van der Waals surface area contributed by atoms with Gasteiger partial charge in [0, 0.05) is 43.8 Å². The first-order valence-electron chi connectivity index (χ1n) is 7.02. The van der Waals surface area contributed by atoms with E-state index in [0.717, 1.165) is 13.1 Å². The number of aromatic carboxylic acids is 1. The van der Waals surface area contributed by atoms with Crippen LogP contribution in [-0.2, 0) is 18.3 Å². The summed E-state index contributed by atoms with van der Waals surface area (Å²) in [7, 11) is 1.71. The summed E-state index contributed by atoms with van der Waals surface area (Å²) in [6.45, 7) is 3.11. The lowest BCUT2D eigenvalue weighted by atomic mass is 10.1. The SMILES string of the molecule is Cn1c(CN2CCOCC2)c(C(=O)O)c2cc(O)c(F)cc21. The summed E-state index contributed by atoms with van der Waals surface area (Å²) in [5, 5.41) is 19.4. The van der Waals surface area contributed by atoms with Gasteiger partial charge in [-0.25, -0.2) is 9.18 Å². The number of rotatable bonds is 3. The summed E-state index contributed by atoms with van der Waals surface area (Å²) >= 11 is 0. The van der Waals surface area contributed by atoms with Crippen LogP contribution in [-0.4, -0.2) is 52.0 Å². The number of morpholine rings is 1. The van der Waals surface area contributed by atoms with Crippen molar-refractivity contribution in [3.63, 3.8) is 0 Å².